The van der Waals surface area contributed by atoms with Crippen molar-refractivity contribution in [2.24, 2.45) is 0 Å². The molecule has 0 saturated carbocycles. The van der Waals surface area contributed by atoms with Crippen LogP contribution in [-0.4, -0.2) is 45.8 Å². The molecule has 10 nitrogen and oxygen atoms in total. The summed E-state index contributed by atoms with van der Waals surface area (Å²) in [6.07, 6.45) is 0.181. The Bertz CT molecular complexity index is 2120. The number of fused-ring (bicyclic) bond motifs is 1. The number of halogens is 2. The summed E-state index contributed by atoms with van der Waals surface area (Å²) in [5.41, 5.74) is -1.74. The zero-order valence-electron chi connectivity index (χ0n) is 32.4. The van der Waals surface area contributed by atoms with Gasteiger partial charge in [0.05, 0.1) is 31.0 Å². The Labute approximate surface area is 291 Å². The summed E-state index contributed by atoms with van der Waals surface area (Å²) < 4.78 is 90.1. The van der Waals surface area contributed by atoms with Crippen molar-refractivity contribution in [1.29, 1.82) is 0 Å². The van der Waals surface area contributed by atoms with Crippen molar-refractivity contribution in [3.63, 3.8) is 0 Å². The molecule has 2 heterocycles. The monoisotopic (exact) mass is 687 g/mol. The molecule has 5 aromatic rings. The van der Waals surface area contributed by atoms with Crippen molar-refractivity contribution in [1.82, 2.24) is 14.9 Å². The molecule has 5 rings (SSSR count). The van der Waals surface area contributed by atoms with Crippen LogP contribution in [-0.2, 0) is 27.1 Å². The molecule has 2 aromatic heterocycles. The number of amides is 1. The van der Waals surface area contributed by atoms with Crippen LogP contribution in [0, 0.1) is 5.82 Å². The second kappa shape index (κ2) is 15.5. The third kappa shape index (κ3) is 9.58. The molecule has 13 heteroatoms. The average molecular weight is 688 g/mol. The third-order valence-corrected chi connectivity index (χ3v) is 6.88. The molecule has 0 saturated heterocycles. The number of aromatic nitrogens is 2. The number of furan rings is 1. The van der Waals surface area contributed by atoms with Gasteiger partial charge in [-0.1, -0.05) is 23.7 Å². The Hall–Kier alpha value is -4.36. The molecule has 0 radical (unpaired) electrons. The number of hydrogen-bond donors (Lipinski definition) is 1. The smallest absolute Gasteiger partial charge is 0.410 e. The maximum absolute atomic E-state index is 13.5. The highest BCUT2D eigenvalue weighted by Gasteiger charge is 2.23. The van der Waals surface area contributed by atoms with Crippen molar-refractivity contribution in [2.45, 2.75) is 39.5 Å². The van der Waals surface area contributed by atoms with Gasteiger partial charge in [0.15, 0.2) is 0 Å². The highest BCUT2D eigenvalue weighted by Crippen LogP contribution is 2.33. The van der Waals surface area contributed by atoms with E-state index in [0.29, 0.717) is 55.0 Å². The molecular weight excluding hydrogens is 647 g/mol. The molecular formula is C34H34ClFN4O6S. The SMILES string of the molecule is [2H]C([2H])([2H])OOSC([2H])([2H])C([2H])([2H])N(Cc1ccc(-c2ccc3ncnc(Nc4ccc(OCc5cccc(F)c5)c(Cl)c4)c3c2)o1)C(=O)OC(C)(C)C. The van der Waals surface area contributed by atoms with Crippen molar-refractivity contribution in [2.75, 3.05) is 24.6 Å². The van der Waals surface area contributed by atoms with E-state index in [2.05, 4.69) is 24.5 Å². The van der Waals surface area contributed by atoms with Gasteiger partial charge in [0.25, 0.3) is 0 Å². The zero-order valence-corrected chi connectivity index (χ0v) is 26.9. The molecule has 3 aromatic carbocycles. The maximum Gasteiger partial charge on any atom is 0.410 e. The number of anilines is 2. The molecule has 0 aliphatic rings. The number of nitrogens with one attached hydrogen (secondary N) is 1. The fourth-order valence-corrected chi connectivity index (χ4v) is 4.73. The van der Waals surface area contributed by atoms with E-state index in [4.69, 9.17) is 35.1 Å². The van der Waals surface area contributed by atoms with Crippen LogP contribution in [0.4, 0.5) is 20.7 Å². The summed E-state index contributed by atoms with van der Waals surface area (Å²) in [7, 11) is -3.04. The Morgan fingerprint density at radius 2 is 2.00 bits per heavy atom. The van der Waals surface area contributed by atoms with Gasteiger partial charge >= 0.3 is 6.09 Å². The predicted molar refractivity (Wildman–Crippen MR) is 180 cm³/mol. The first-order valence-corrected chi connectivity index (χ1v) is 15.1. The highest BCUT2D eigenvalue weighted by atomic mass is 35.5. The van der Waals surface area contributed by atoms with Gasteiger partial charge in [0.2, 0.25) is 0 Å². The lowest BCUT2D eigenvalue weighted by Crippen LogP contribution is -2.37. The van der Waals surface area contributed by atoms with E-state index in [1.54, 1.807) is 75.4 Å². The minimum Gasteiger partial charge on any atom is -0.487 e. The summed E-state index contributed by atoms with van der Waals surface area (Å²) >= 11 is 6.25. The summed E-state index contributed by atoms with van der Waals surface area (Å²) in [6, 6.07) is 19.5. The van der Waals surface area contributed by atoms with Crippen molar-refractivity contribution >= 4 is 52.1 Å². The maximum atomic E-state index is 13.5. The first kappa shape index (κ1) is 25.7. The molecule has 47 heavy (non-hydrogen) atoms. The molecule has 1 N–H and O–H groups in total. The zero-order chi connectivity index (χ0) is 39.5. The molecule has 1 amide bonds. The lowest BCUT2D eigenvalue weighted by atomic mass is 10.1. The second-order valence-corrected chi connectivity index (χ2v) is 11.8. The number of hydrogen-bond acceptors (Lipinski definition) is 10. The van der Waals surface area contributed by atoms with Gasteiger partial charge in [-0.15, -0.1) is 0 Å². The van der Waals surface area contributed by atoms with Gasteiger partial charge in [-0.3, -0.25) is 4.90 Å². The highest BCUT2D eigenvalue weighted by molar-refractivity contribution is 7.94. The predicted octanol–water partition coefficient (Wildman–Crippen LogP) is 8.97. The fraction of sp³-hybridized carbons (Fsp3) is 0.265. The Kier molecular flexibility index (Phi) is 8.47. The number of rotatable bonds is 13. The molecule has 0 atom stereocenters. The van der Waals surface area contributed by atoms with Gasteiger partial charge in [0, 0.05) is 43.6 Å². The first-order valence-electron chi connectivity index (χ1n) is 17.5. The second-order valence-electron chi connectivity index (χ2n) is 10.9. The molecule has 0 aliphatic heterocycles. The summed E-state index contributed by atoms with van der Waals surface area (Å²) in [5, 5.41) is 4.15. The van der Waals surface area contributed by atoms with E-state index in [0.717, 1.165) is 0 Å². The molecule has 0 unspecified atom stereocenters. The van der Waals surface area contributed by atoms with Gasteiger partial charge in [-0.05, 0) is 87.0 Å². The minimum atomic E-state index is -3.15. The van der Waals surface area contributed by atoms with E-state index < -0.39 is 37.5 Å². The van der Waals surface area contributed by atoms with Crippen LogP contribution in [0.5, 0.6) is 5.75 Å². The van der Waals surface area contributed by atoms with E-state index in [-0.39, 0.29) is 30.2 Å². The number of nitrogens with zero attached hydrogens (tertiary/aromatic N) is 3. The Morgan fingerprint density at radius 3 is 2.79 bits per heavy atom. The Morgan fingerprint density at radius 1 is 1.13 bits per heavy atom. The molecule has 0 aliphatic carbocycles. The van der Waals surface area contributed by atoms with Crippen molar-refractivity contribution in [3.8, 4) is 17.1 Å². The number of carbonyl (C=O) groups is 1. The summed E-state index contributed by atoms with van der Waals surface area (Å²) in [5.74, 6) is 0.860. The van der Waals surface area contributed by atoms with Crippen molar-refractivity contribution < 1.29 is 41.9 Å². The van der Waals surface area contributed by atoms with Gasteiger partial charge in [0.1, 0.15) is 47.4 Å². The quantitative estimate of drug-likeness (QED) is 0.0732. The van der Waals surface area contributed by atoms with Crippen LogP contribution < -0.4 is 10.1 Å². The van der Waals surface area contributed by atoms with E-state index in [9.17, 15) is 9.18 Å². The van der Waals surface area contributed by atoms with E-state index >= 15 is 0 Å². The van der Waals surface area contributed by atoms with Crippen LogP contribution in [0.15, 0.2) is 83.5 Å². The first-order chi connectivity index (χ1) is 25.2. The van der Waals surface area contributed by atoms with Crippen molar-refractivity contribution in [3.05, 3.63) is 101 Å². The lowest BCUT2D eigenvalue weighted by Gasteiger charge is -2.26. The fourth-order valence-electron chi connectivity index (χ4n) is 4.28. The molecule has 0 spiro atoms. The third-order valence-electron chi connectivity index (χ3n) is 6.28. The largest absolute Gasteiger partial charge is 0.487 e. The van der Waals surface area contributed by atoms with Gasteiger partial charge in [-0.2, -0.15) is 4.33 Å². The molecule has 0 bridgehead atoms. The van der Waals surface area contributed by atoms with Crippen LogP contribution in [0.3, 0.4) is 0 Å². The standard InChI is InChI=1S/C34H34ClFN4O6S/c1-34(2,3)45-33(41)40(14-15-47-46-42-4)19-26-10-13-30(44-26)23-8-11-29-27(17-23)32(38-21-37-29)39-25-9-12-31(28(35)18-25)43-20-22-6-5-7-24(36)16-22/h5-13,16-18,21H,14-15,19-20H2,1-4H3,(H,37,38,39)/i4D3,14D2,15D2. The number of ether oxygens (including phenoxy) is 2. The van der Waals surface area contributed by atoms with Crippen LogP contribution >= 0.6 is 23.6 Å². The number of carbonyl (C=O) groups excluding carboxylic acids is 1. The Balaban J connectivity index is 1.36. The summed E-state index contributed by atoms with van der Waals surface area (Å²) in [4.78, 5) is 26.6. The van der Waals surface area contributed by atoms with Gasteiger partial charge in [-0.25, -0.2) is 24.0 Å². The summed E-state index contributed by atoms with van der Waals surface area (Å²) in [6.45, 7) is 1.05. The number of benzene rings is 3. The minimum absolute atomic E-state index is 0.0669. The average Bonchev–Trinajstić information content (AvgIpc) is 3.54. The van der Waals surface area contributed by atoms with Crippen LogP contribution in [0.1, 0.15) is 41.7 Å². The molecule has 0 fully saturated rings. The lowest BCUT2D eigenvalue weighted by molar-refractivity contribution is -0.160. The topological polar surface area (TPSA) is 108 Å². The molecule has 246 valence electrons. The van der Waals surface area contributed by atoms with Crippen LogP contribution in [0.2, 0.25) is 5.02 Å². The van der Waals surface area contributed by atoms with E-state index in [1.807, 2.05) is 0 Å². The van der Waals surface area contributed by atoms with Crippen LogP contribution in [0.25, 0.3) is 22.2 Å². The van der Waals surface area contributed by atoms with Gasteiger partial charge < -0.3 is 19.2 Å². The van der Waals surface area contributed by atoms with E-state index in [1.165, 1.54) is 24.5 Å². The normalized spacial score (nSPS) is 14.5.